The molecule has 150 valence electrons. The molecule has 0 spiro atoms. The molecule has 1 aliphatic heterocycles. The number of carbonyl (C=O) groups is 1. The summed E-state index contributed by atoms with van der Waals surface area (Å²) >= 11 is 0. The Bertz CT molecular complexity index is 621. The fourth-order valence-electron chi connectivity index (χ4n) is 3.65. The van der Waals surface area contributed by atoms with Crippen molar-refractivity contribution in [2.45, 2.75) is 45.4 Å². The van der Waals surface area contributed by atoms with Crippen LogP contribution in [0.1, 0.15) is 32.3 Å². The lowest BCUT2D eigenvalue weighted by molar-refractivity contribution is -0.123. The molecule has 1 N–H and O–H groups in total. The van der Waals surface area contributed by atoms with Crippen LogP contribution in [0.5, 0.6) is 0 Å². The largest absolute Gasteiger partial charge is 0.374 e. The Morgan fingerprint density at radius 3 is 2.85 bits per heavy atom. The van der Waals surface area contributed by atoms with E-state index in [0.29, 0.717) is 37.2 Å². The minimum absolute atomic E-state index is 0.0113. The summed E-state index contributed by atoms with van der Waals surface area (Å²) in [7, 11) is 0. The fraction of sp³-hybridized carbons (Fsp3) is 0.667. The molecular formula is C21H32FN3O2. The summed E-state index contributed by atoms with van der Waals surface area (Å²) in [6.45, 7) is 9.35. The summed E-state index contributed by atoms with van der Waals surface area (Å²) < 4.78 is 19.7. The molecule has 2 aliphatic rings. The van der Waals surface area contributed by atoms with Crippen molar-refractivity contribution in [1.29, 1.82) is 0 Å². The van der Waals surface area contributed by atoms with Crippen LogP contribution in [0.25, 0.3) is 0 Å². The zero-order valence-electron chi connectivity index (χ0n) is 16.5. The van der Waals surface area contributed by atoms with Gasteiger partial charge in [-0.25, -0.2) is 4.39 Å². The number of rotatable bonds is 9. The molecule has 1 aliphatic carbocycles. The van der Waals surface area contributed by atoms with Gasteiger partial charge in [0.1, 0.15) is 5.82 Å². The summed E-state index contributed by atoms with van der Waals surface area (Å²) in [5.41, 5.74) is 0.650. The normalized spacial score (nSPS) is 21.0. The molecule has 2 fully saturated rings. The SMILES string of the molecule is CC(C)CN1CCOC(CNC(=O)CN(Cc2ccccc2F)C2CC2)C1. The van der Waals surface area contributed by atoms with E-state index in [1.807, 2.05) is 6.07 Å². The summed E-state index contributed by atoms with van der Waals surface area (Å²) in [6.07, 6.45) is 2.21. The number of ether oxygens (including phenoxy) is 1. The van der Waals surface area contributed by atoms with Gasteiger partial charge in [-0.15, -0.1) is 0 Å². The van der Waals surface area contributed by atoms with E-state index >= 15 is 0 Å². The van der Waals surface area contributed by atoms with Crippen molar-refractivity contribution >= 4 is 5.91 Å². The molecular weight excluding hydrogens is 345 g/mol. The van der Waals surface area contributed by atoms with E-state index in [-0.39, 0.29) is 17.8 Å². The second-order valence-electron chi connectivity index (χ2n) is 8.18. The van der Waals surface area contributed by atoms with E-state index in [9.17, 15) is 9.18 Å². The molecule has 1 amide bonds. The topological polar surface area (TPSA) is 44.8 Å². The zero-order valence-corrected chi connectivity index (χ0v) is 16.5. The molecule has 5 nitrogen and oxygen atoms in total. The van der Waals surface area contributed by atoms with Crippen LogP contribution in [0.4, 0.5) is 4.39 Å². The van der Waals surface area contributed by atoms with Crippen molar-refractivity contribution < 1.29 is 13.9 Å². The van der Waals surface area contributed by atoms with Gasteiger partial charge in [0.25, 0.3) is 0 Å². The van der Waals surface area contributed by atoms with Crippen LogP contribution in [0.2, 0.25) is 0 Å². The molecule has 1 saturated carbocycles. The third kappa shape index (κ3) is 6.55. The third-order valence-corrected chi connectivity index (χ3v) is 5.11. The van der Waals surface area contributed by atoms with Crippen molar-refractivity contribution in [3.05, 3.63) is 35.6 Å². The highest BCUT2D eigenvalue weighted by Crippen LogP contribution is 2.28. The van der Waals surface area contributed by atoms with E-state index < -0.39 is 0 Å². The van der Waals surface area contributed by atoms with Crippen molar-refractivity contribution in [3.8, 4) is 0 Å². The Morgan fingerprint density at radius 2 is 2.15 bits per heavy atom. The maximum Gasteiger partial charge on any atom is 0.234 e. The van der Waals surface area contributed by atoms with Crippen molar-refractivity contribution in [2.24, 2.45) is 5.92 Å². The molecule has 1 aromatic rings. The van der Waals surface area contributed by atoms with Gasteiger partial charge in [-0.1, -0.05) is 32.0 Å². The summed E-state index contributed by atoms with van der Waals surface area (Å²) in [5, 5.41) is 3.01. The Morgan fingerprint density at radius 1 is 1.37 bits per heavy atom. The van der Waals surface area contributed by atoms with Gasteiger partial charge in [-0.3, -0.25) is 14.6 Å². The van der Waals surface area contributed by atoms with E-state index in [1.165, 1.54) is 6.07 Å². The van der Waals surface area contributed by atoms with Crippen molar-refractivity contribution in [3.63, 3.8) is 0 Å². The monoisotopic (exact) mass is 377 g/mol. The van der Waals surface area contributed by atoms with Crippen LogP contribution in [-0.4, -0.2) is 67.2 Å². The highest BCUT2D eigenvalue weighted by Gasteiger charge is 2.31. The minimum Gasteiger partial charge on any atom is -0.374 e. The average Bonchev–Trinajstić information content (AvgIpc) is 3.46. The number of hydrogen-bond donors (Lipinski definition) is 1. The molecule has 3 rings (SSSR count). The number of carbonyl (C=O) groups excluding carboxylic acids is 1. The van der Waals surface area contributed by atoms with E-state index in [4.69, 9.17) is 4.74 Å². The highest BCUT2D eigenvalue weighted by molar-refractivity contribution is 5.78. The van der Waals surface area contributed by atoms with E-state index in [0.717, 1.165) is 39.1 Å². The number of benzene rings is 1. The van der Waals surface area contributed by atoms with Gasteiger partial charge in [0.2, 0.25) is 5.91 Å². The number of nitrogens with one attached hydrogen (secondary N) is 1. The smallest absolute Gasteiger partial charge is 0.234 e. The van der Waals surface area contributed by atoms with Crippen LogP contribution in [0.15, 0.2) is 24.3 Å². The molecule has 1 saturated heterocycles. The van der Waals surface area contributed by atoms with Gasteiger partial charge < -0.3 is 10.1 Å². The molecule has 1 heterocycles. The number of hydrogen-bond acceptors (Lipinski definition) is 4. The number of morpholine rings is 1. The van der Waals surface area contributed by atoms with Gasteiger partial charge in [-0.2, -0.15) is 0 Å². The lowest BCUT2D eigenvalue weighted by Gasteiger charge is -2.34. The standard InChI is InChI=1S/C21H32FN3O2/c1-16(2)12-24-9-10-27-19(14-24)11-23-21(26)15-25(18-7-8-18)13-17-5-3-4-6-20(17)22/h3-6,16,18-19H,7-15H2,1-2H3,(H,23,26). The first-order chi connectivity index (χ1) is 13.0. The summed E-state index contributed by atoms with van der Waals surface area (Å²) in [6, 6.07) is 7.20. The van der Waals surface area contributed by atoms with E-state index in [1.54, 1.807) is 12.1 Å². The van der Waals surface area contributed by atoms with Crippen molar-refractivity contribution in [2.75, 3.05) is 39.3 Å². The van der Waals surface area contributed by atoms with Crippen molar-refractivity contribution in [1.82, 2.24) is 15.1 Å². The Hall–Kier alpha value is -1.50. The fourth-order valence-corrected chi connectivity index (χ4v) is 3.65. The Kier molecular flexibility index (Phi) is 7.21. The zero-order chi connectivity index (χ0) is 19.2. The number of nitrogens with zero attached hydrogens (tertiary/aromatic N) is 2. The number of halogens is 1. The predicted molar refractivity (Wildman–Crippen MR) is 104 cm³/mol. The molecule has 0 radical (unpaired) electrons. The molecule has 0 bridgehead atoms. The summed E-state index contributed by atoms with van der Waals surface area (Å²) in [5.74, 6) is 0.413. The maximum absolute atomic E-state index is 13.9. The van der Waals surface area contributed by atoms with Gasteiger partial charge in [0.05, 0.1) is 19.3 Å². The molecule has 1 unspecified atom stereocenters. The third-order valence-electron chi connectivity index (χ3n) is 5.11. The molecule has 0 aromatic heterocycles. The maximum atomic E-state index is 13.9. The van der Waals surface area contributed by atoms with Crippen LogP contribution < -0.4 is 5.32 Å². The van der Waals surface area contributed by atoms with Gasteiger partial charge in [0, 0.05) is 44.3 Å². The lowest BCUT2D eigenvalue weighted by Crippen LogP contribution is -2.49. The molecule has 6 heteroatoms. The van der Waals surface area contributed by atoms with Gasteiger partial charge in [-0.05, 0) is 24.8 Å². The van der Waals surface area contributed by atoms with E-state index in [2.05, 4.69) is 29.0 Å². The quantitative estimate of drug-likeness (QED) is 0.717. The number of amides is 1. The first-order valence-electron chi connectivity index (χ1n) is 10.1. The van der Waals surface area contributed by atoms with Crippen LogP contribution in [-0.2, 0) is 16.1 Å². The van der Waals surface area contributed by atoms with Crippen LogP contribution >= 0.6 is 0 Å². The average molecular weight is 378 g/mol. The Labute approximate surface area is 161 Å². The van der Waals surface area contributed by atoms with Gasteiger partial charge >= 0.3 is 0 Å². The molecule has 1 aromatic carbocycles. The first kappa shape index (κ1) is 20.2. The first-order valence-corrected chi connectivity index (χ1v) is 10.1. The second kappa shape index (κ2) is 9.62. The lowest BCUT2D eigenvalue weighted by atomic mass is 10.2. The predicted octanol–water partition coefficient (Wildman–Crippen LogP) is 2.26. The van der Waals surface area contributed by atoms with Gasteiger partial charge in [0.15, 0.2) is 0 Å². The molecule has 1 atom stereocenters. The summed E-state index contributed by atoms with van der Waals surface area (Å²) in [4.78, 5) is 16.9. The highest BCUT2D eigenvalue weighted by atomic mass is 19.1. The molecule has 27 heavy (non-hydrogen) atoms. The minimum atomic E-state index is -0.204. The van der Waals surface area contributed by atoms with Crippen LogP contribution in [0.3, 0.4) is 0 Å². The Balaban J connectivity index is 1.45. The second-order valence-corrected chi connectivity index (χ2v) is 8.18. The van der Waals surface area contributed by atoms with Crippen LogP contribution in [0, 0.1) is 11.7 Å².